The van der Waals surface area contributed by atoms with Gasteiger partial charge in [0.2, 0.25) is 5.91 Å². The van der Waals surface area contributed by atoms with E-state index in [1.165, 1.54) is 32.4 Å². The fourth-order valence-corrected chi connectivity index (χ4v) is 4.72. The molecule has 3 rings (SSSR count). The number of piperidine rings is 1. The first-order chi connectivity index (χ1) is 16.5. The lowest BCUT2D eigenvalue weighted by molar-refractivity contribution is -0.121. The van der Waals surface area contributed by atoms with E-state index < -0.39 is 11.2 Å². The Balaban J connectivity index is 1.67. The molecule has 3 heterocycles. The quantitative estimate of drug-likeness (QED) is 0.410. The van der Waals surface area contributed by atoms with E-state index in [0.717, 1.165) is 45.1 Å². The average Bonchev–Trinajstić information content (AvgIpc) is 3.20. The van der Waals surface area contributed by atoms with Crippen molar-refractivity contribution in [2.75, 3.05) is 26.2 Å². The van der Waals surface area contributed by atoms with Crippen molar-refractivity contribution in [1.29, 1.82) is 0 Å². The van der Waals surface area contributed by atoms with Crippen molar-refractivity contribution in [3.8, 4) is 0 Å². The number of rotatable bonds is 14. The Morgan fingerprint density at radius 1 is 0.941 bits per heavy atom. The molecule has 9 heteroatoms. The molecular weight excluding hydrogens is 432 g/mol. The van der Waals surface area contributed by atoms with Crippen molar-refractivity contribution in [3.63, 3.8) is 0 Å². The van der Waals surface area contributed by atoms with Crippen molar-refractivity contribution in [2.45, 2.75) is 97.6 Å². The van der Waals surface area contributed by atoms with Crippen molar-refractivity contribution < 1.29 is 4.79 Å². The lowest BCUT2D eigenvalue weighted by Crippen LogP contribution is -2.33. The molecule has 0 radical (unpaired) electrons. The van der Waals surface area contributed by atoms with Crippen LogP contribution < -0.4 is 16.6 Å². The minimum absolute atomic E-state index is 0.00286. The van der Waals surface area contributed by atoms with E-state index in [2.05, 4.69) is 29.0 Å². The number of imidazole rings is 1. The highest BCUT2D eigenvalue weighted by molar-refractivity contribution is 5.76. The average molecular weight is 475 g/mol. The monoisotopic (exact) mass is 474 g/mol. The summed E-state index contributed by atoms with van der Waals surface area (Å²) in [6.45, 7) is 9.43. The van der Waals surface area contributed by atoms with Crippen LogP contribution in [0.4, 0.5) is 0 Å². The van der Waals surface area contributed by atoms with Crippen LogP contribution in [-0.4, -0.2) is 56.1 Å². The third kappa shape index (κ3) is 7.04. The highest BCUT2D eigenvalue weighted by atomic mass is 16.2. The Hall–Kier alpha value is -2.42. The molecule has 2 aromatic heterocycles. The van der Waals surface area contributed by atoms with Crippen LogP contribution in [-0.2, 0) is 24.3 Å². The second kappa shape index (κ2) is 13.5. The standard InChI is InChI=1S/C25H42N6O3/c1-3-5-8-19-30-20(12-13-21(32)26-14-11-17-29-15-9-7-10-16-29)27-23-22(30)24(33)28-25(34)31(23)18-6-4-2/h3-19H2,1-2H3,(H,26,32)(H,28,33,34). The molecule has 1 aliphatic heterocycles. The Bertz CT molecular complexity index is 1030. The van der Waals surface area contributed by atoms with E-state index in [1.807, 2.05) is 4.57 Å². The molecule has 2 N–H and O–H groups in total. The second-order valence-electron chi connectivity index (χ2n) is 9.43. The number of carbonyl (C=O) groups excluding carboxylic acids is 1. The van der Waals surface area contributed by atoms with Crippen LogP contribution in [0.3, 0.4) is 0 Å². The predicted octanol–water partition coefficient (Wildman–Crippen LogP) is 2.80. The van der Waals surface area contributed by atoms with Gasteiger partial charge in [-0.2, -0.15) is 0 Å². The Kier molecular flexibility index (Phi) is 10.4. The summed E-state index contributed by atoms with van der Waals surface area (Å²) >= 11 is 0. The summed E-state index contributed by atoms with van der Waals surface area (Å²) in [5, 5.41) is 3.03. The molecule has 1 fully saturated rings. The van der Waals surface area contributed by atoms with Crippen molar-refractivity contribution in [3.05, 3.63) is 26.7 Å². The predicted molar refractivity (Wildman–Crippen MR) is 135 cm³/mol. The minimum Gasteiger partial charge on any atom is -0.356 e. The SMILES string of the molecule is CCCCCn1c(CCC(=O)NCCCN2CCCCC2)nc2c1c(=O)[nH]c(=O)n2CCCC. The molecule has 0 spiro atoms. The first kappa shape index (κ1) is 26.2. The molecule has 0 atom stereocenters. The van der Waals surface area contributed by atoms with Gasteiger partial charge in [-0.1, -0.05) is 39.5 Å². The third-order valence-corrected chi connectivity index (χ3v) is 6.68. The van der Waals surface area contributed by atoms with Gasteiger partial charge in [0.05, 0.1) is 0 Å². The zero-order chi connectivity index (χ0) is 24.3. The van der Waals surface area contributed by atoms with Gasteiger partial charge >= 0.3 is 5.69 Å². The number of H-pyrrole nitrogens is 1. The van der Waals surface area contributed by atoms with Crippen LogP contribution >= 0.6 is 0 Å². The van der Waals surface area contributed by atoms with E-state index in [1.54, 1.807) is 4.57 Å². The number of likely N-dealkylation sites (tertiary alicyclic amines) is 1. The molecule has 0 unspecified atom stereocenters. The lowest BCUT2D eigenvalue weighted by Gasteiger charge is -2.26. The van der Waals surface area contributed by atoms with Gasteiger partial charge < -0.3 is 14.8 Å². The van der Waals surface area contributed by atoms with Gasteiger partial charge in [0.15, 0.2) is 11.2 Å². The molecule has 0 aliphatic carbocycles. The number of nitrogens with one attached hydrogen (secondary N) is 2. The highest BCUT2D eigenvalue weighted by Crippen LogP contribution is 2.15. The largest absolute Gasteiger partial charge is 0.356 e. The van der Waals surface area contributed by atoms with E-state index in [-0.39, 0.29) is 5.91 Å². The molecule has 1 saturated heterocycles. The van der Waals surface area contributed by atoms with Gasteiger partial charge in [0.25, 0.3) is 5.56 Å². The van der Waals surface area contributed by atoms with E-state index in [4.69, 9.17) is 4.98 Å². The summed E-state index contributed by atoms with van der Waals surface area (Å²) in [4.78, 5) is 47.3. The maximum Gasteiger partial charge on any atom is 0.330 e. The molecule has 0 bridgehead atoms. The minimum atomic E-state index is -0.415. The normalized spacial score (nSPS) is 14.6. The van der Waals surface area contributed by atoms with Gasteiger partial charge in [-0.15, -0.1) is 0 Å². The molecule has 9 nitrogen and oxygen atoms in total. The van der Waals surface area contributed by atoms with Crippen molar-refractivity contribution in [2.24, 2.45) is 0 Å². The number of fused-ring (bicyclic) bond motifs is 1. The van der Waals surface area contributed by atoms with Crippen LogP contribution in [0, 0.1) is 0 Å². The molecule has 0 saturated carbocycles. The van der Waals surface area contributed by atoms with Crippen LogP contribution in [0.25, 0.3) is 11.2 Å². The fraction of sp³-hybridized carbons (Fsp3) is 0.760. The van der Waals surface area contributed by atoms with Gasteiger partial charge in [-0.3, -0.25) is 19.1 Å². The molecule has 34 heavy (non-hydrogen) atoms. The summed E-state index contributed by atoms with van der Waals surface area (Å²) in [6, 6.07) is 0. The van der Waals surface area contributed by atoms with Crippen LogP contribution in [0.2, 0.25) is 0 Å². The first-order valence-electron chi connectivity index (χ1n) is 13.3. The summed E-state index contributed by atoms with van der Waals surface area (Å²) in [6.07, 6.45) is 10.4. The zero-order valence-electron chi connectivity index (χ0n) is 21.0. The lowest BCUT2D eigenvalue weighted by atomic mass is 10.1. The highest BCUT2D eigenvalue weighted by Gasteiger charge is 2.19. The first-order valence-corrected chi connectivity index (χ1v) is 13.3. The fourth-order valence-electron chi connectivity index (χ4n) is 4.72. The molecule has 0 aromatic carbocycles. The maximum atomic E-state index is 12.7. The summed E-state index contributed by atoms with van der Waals surface area (Å²) in [5.74, 6) is 0.707. The molecular formula is C25H42N6O3. The second-order valence-corrected chi connectivity index (χ2v) is 9.43. The number of aromatic amines is 1. The maximum absolute atomic E-state index is 12.7. The van der Waals surface area contributed by atoms with Gasteiger partial charge in [-0.25, -0.2) is 9.78 Å². The number of hydrogen-bond donors (Lipinski definition) is 2. The van der Waals surface area contributed by atoms with E-state index >= 15 is 0 Å². The number of nitrogens with zero attached hydrogens (tertiary/aromatic N) is 4. The smallest absolute Gasteiger partial charge is 0.330 e. The molecule has 2 aromatic rings. The number of hydrogen-bond acceptors (Lipinski definition) is 5. The molecule has 1 aliphatic rings. The van der Waals surface area contributed by atoms with Gasteiger partial charge in [-0.05, 0) is 51.7 Å². The molecule has 190 valence electrons. The van der Waals surface area contributed by atoms with Crippen molar-refractivity contribution >= 4 is 17.1 Å². The Morgan fingerprint density at radius 3 is 2.41 bits per heavy atom. The van der Waals surface area contributed by atoms with E-state index in [9.17, 15) is 14.4 Å². The summed E-state index contributed by atoms with van der Waals surface area (Å²) < 4.78 is 3.50. The number of amides is 1. The molecule has 1 amide bonds. The topological polar surface area (TPSA) is 105 Å². The van der Waals surface area contributed by atoms with Crippen molar-refractivity contribution in [1.82, 2.24) is 29.3 Å². The van der Waals surface area contributed by atoms with Gasteiger partial charge in [0, 0.05) is 32.5 Å². The number of aromatic nitrogens is 4. The number of unbranched alkanes of at least 4 members (excludes halogenated alkanes) is 3. The zero-order valence-corrected chi connectivity index (χ0v) is 21.0. The van der Waals surface area contributed by atoms with Gasteiger partial charge in [0.1, 0.15) is 5.82 Å². The van der Waals surface area contributed by atoms with Crippen LogP contribution in [0.5, 0.6) is 0 Å². The summed E-state index contributed by atoms with van der Waals surface area (Å²) in [7, 11) is 0. The van der Waals surface area contributed by atoms with Crippen LogP contribution in [0.1, 0.15) is 83.9 Å². The Morgan fingerprint density at radius 2 is 1.68 bits per heavy atom. The Labute approximate surface area is 201 Å². The van der Waals surface area contributed by atoms with E-state index in [0.29, 0.717) is 49.5 Å². The number of aryl methyl sites for hydroxylation is 3. The summed E-state index contributed by atoms with van der Waals surface area (Å²) in [5.41, 5.74) is 0.0756. The van der Waals surface area contributed by atoms with Crippen LogP contribution in [0.15, 0.2) is 9.59 Å². The third-order valence-electron chi connectivity index (χ3n) is 6.68. The number of carbonyl (C=O) groups is 1.